The second-order valence-electron chi connectivity index (χ2n) is 2.88. The molecule has 0 aliphatic rings. The Morgan fingerprint density at radius 2 is 2.23 bits per heavy atom. The van der Waals surface area contributed by atoms with Crippen molar-refractivity contribution in [2.45, 2.75) is 13.5 Å². The largest absolute Gasteiger partial charge is 0.491 e. The summed E-state index contributed by atoms with van der Waals surface area (Å²) < 4.78 is 5.29. The first kappa shape index (κ1) is 10.0. The van der Waals surface area contributed by atoms with E-state index >= 15 is 0 Å². The van der Waals surface area contributed by atoms with Gasteiger partial charge in [0, 0.05) is 6.54 Å². The molecule has 1 aromatic rings. The Hall–Kier alpha value is -1.06. The van der Waals surface area contributed by atoms with Gasteiger partial charge in [-0.3, -0.25) is 0 Å². The lowest BCUT2D eigenvalue weighted by atomic mass is 10.1. The summed E-state index contributed by atoms with van der Waals surface area (Å²) in [5.41, 5.74) is 7.63. The van der Waals surface area contributed by atoms with Gasteiger partial charge in [0.25, 0.3) is 0 Å². The molecule has 0 unspecified atom stereocenters. The minimum absolute atomic E-state index is 0.0398. The van der Waals surface area contributed by atoms with Gasteiger partial charge >= 0.3 is 0 Å². The first-order chi connectivity index (χ1) is 6.27. The van der Waals surface area contributed by atoms with E-state index in [1.165, 1.54) is 0 Å². The normalized spacial score (nSPS) is 10.1. The molecule has 0 bridgehead atoms. The summed E-state index contributed by atoms with van der Waals surface area (Å²) in [7, 11) is 0. The molecule has 0 radical (unpaired) electrons. The summed E-state index contributed by atoms with van der Waals surface area (Å²) in [6.07, 6.45) is 0. The van der Waals surface area contributed by atoms with E-state index in [2.05, 4.69) is 0 Å². The van der Waals surface area contributed by atoms with E-state index in [1.807, 2.05) is 25.1 Å². The molecule has 72 valence electrons. The molecule has 0 fully saturated rings. The molecule has 0 amide bonds. The number of aliphatic hydroxyl groups is 1. The quantitative estimate of drug-likeness (QED) is 0.723. The molecule has 0 aliphatic heterocycles. The summed E-state index contributed by atoms with van der Waals surface area (Å²) in [5.74, 6) is 0.811. The molecule has 3 heteroatoms. The first-order valence-electron chi connectivity index (χ1n) is 4.31. The van der Waals surface area contributed by atoms with Crippen LogP contribution in [0.4, 0.5) is 0 Å². The predicted octanol–water partition coefficient (Wildman–Crippen LogP) is 0.825. The van der Waals surface area contributed by atoms with Crippen LogP contribution in [0, 0.1) is 6.92 Å². The Bertz CT molecular complexity index is 274. The predicted molar refractivity (Wildman–Crippen MR) is 51.7 cm³/mol. The molecule has 13 heavy (non-hydrogen) atoms. The van der Waals surface area contributed by atoms with Crippen molar-refractivity contribution in [3.8, 4) is 5.75 Å². The minimum Gasteiger partial charge on any atom is -0.491 e. The van der Waals surface area contributed by atoms with Crippen LogP contribution in [0.5, 0.6) is 5.75 Å². The first-order valence-corrected chi connectivity index (χ1v) is 4.31. The average Bonchev–Trinajstić information content (AvgIpc) is 2.16. The van der Waals surface area contributed by atoms with Crippen molar-refractivity contribution in [1.29, 1.82) is 0 Å². The summed E-state index contributed by atoms with van der Waals surface area (Å²) in [6, 6.07) is 5.81. The van der Waals surface area contributed by atoms with E-state index in [-0.39, 0.29) is 6.61 Å². The lowest BCUT2D eigenvalue weighted by Gasteiger charge is -2.08. The molecule has 0 aliphatic carbocycles. The van der Waals surface area contributed by atoms with Gasteiger partial charge in [-0.15, -0.1) is 0 Å². The minimum atomic E-state index is 0.0398. The molecule has 1 rings (SSSR count). The summed E-state index contributed by atoms with van der Waals surface area (Å²) in [5, 5.41) is 8.57. The zero-order chi connectivity index (χ0) is 9.68. The van der Waals surface area contributed by atoms with E-state index in [0.717, 1.165) is 16.9 Å². The summed E-state index contributed by atoms with van der Waals surface area (Å²) in [6.45, 7) is 2.88. The highest BCUT2D eigenvalue weighted by Gasteiger charge is 1.99. The van der Waals surface area contributed by atoms with Crippen molar-refractivity contribution in [2.24, 2.45) is 5.73 Å². The van der Waals surface area contributed by atoms with Crippen LogP contribution >= 0.6 is 0 Å². The van der Waals surface area contributed by atoms with Crippen LogP contribution in [0.15, 0.2) is 18.2 Å². The van der Waals surface area contributed by atoms with Crippen LogP contribution in [0.25, 0.3) is 0 Å². The SMILES string of the molecule is Cc1cc(CN)ccc1OCCO. The van der Waals surface area contributed by atoms with E-state index < -0.39 is 0 Å². The van der Waals surface area contributed by atoms with Crippen molar-refractivity contribution in [1.82, 2.24) is 0 Å². The fraction of sp³-hybridized carbons (Fsp3) is 0.400. The fourth-order valence-corrected chi connectivity index (χ4v) is 1.16. The van der Waals surface area contributed by atoms with E-state index in [9.17, 15) is 0 Å². The second kappa shape index (κ2) is 4.84. The molecule has 0 heterocycles. The number of aliphatic hydroxyl groups excluding tert-OH is 1. The number of nitrogens with two attached hydrogens (primary N) is 1. The molecule has 0 saturated heterocycles. The second-order valence-corrected chi connectivity index (χ2v) is 2.88. The zero-order valence-corrected chi connectivity index (χ0v) is 7.79. The maximum Gasteiger partial charge on any atom is 0.122 e. The molecule has 0 aromatic heterocycles. The van der Waals surface area contributed by atoms with Gasteiger partial charge in [-0.25, -0.2) is 0 Å². The molecular formula is C10H15NO2. The third-order valence-corrected chi connectivity index (χ3v) is 1.82. The number of aryl methyl sites for hydroxylation is 1. The maximum atomic E-state index is 8.57. The van der Waals surface area contributed by atoms with Crippen LogP contribution in [0.2, 0.25) is 0 Å². The van der Waals surface area contributed by atoms with Gasteiger partial charge in [0.05, 0.1) is 6.61 Å². The number of rotatable bonds is 4. The van der Waals surface area contributed by atoms with Crippen LogP contribution in [0.1, 0.15) is 11.1 Å². The Labute approximate surface area is 78.1 Å². The Kier molecular flexibility index (Phi) is 3.73. The van der Waals surface area contributed by atoms with Crippen molar-refractivity contribution in [3.05, 3.63) is 29.3 Å². The molecule has 3 nitrogen and oxygen atoms in total. The number of hydrogen-bond donors (Lipinski definition) is 2. The number of hydrogen-bond acceptors (Lipinski definition) is 3. The lowest BCUT2D eigenvalue weighted by Crippen LogP contribution is -2.03. The van der Waals surface area contributed by atoms with E-state index in [1.54, 1.807) is 0 Å². The monoisotopic (exact) mass is 181 g/mol. The van der Waals surface area contributed by atoms with Gasteiger partial charge in [-0.1, -0.05) is 12.1 Å². The fourth-order valence-electron chi connectivity index (χ4n) is 1.16. The molecule has 1 aromatic carbocycles. The van der Waals surface area contributed by atoms with Crippen LogP contribution in [0.3, 0.4) is 0 Å². The van der Waals surface area contributed by atoms with Crippen molar-refractivity contribution in [2.75, 3.05) is 13.2 Å². The molecular weight excluding hydrogens is 166 g/mol. The number of ether oxygens (including phenoxy) is 1. The summed E-state index contributed by atoms with van der Waals surface area (Å²) >= 11 is 0. The van der Waals surface area contributed by atoms with Crippen LogP contribution in [-0.2, 0) is 6.54 Å². The van der Waals surface area contributed by atoms with E-state index in [0.29, 0.717) is 13.2 Å². The third kappa shape index (κ3) is 2.72. The van der Waals surface area contributed by atoms with Gasteiger partial charge in [0.2, 0.25) is 0 Å². The summed E-state index contributed by atoms with van der Waals surface area (Å²) in [4.78, 5) is 0. The molecule has 3 N–H and O–H groups in total. The van der Waals surface area contributed by atoms with E-state index in [4.69, 9.17) is 15.6 Å². The topological polar surface area (TPSA) is 55.5 Å². The highest BCUT2D eigenvalue weighted by molar-refractivity contribution is 5.36. The Morgan fingerprint density at radius 3 is 2.77 bits per heavy atom. The Balaban J connectivity index is 2.73. The van der Waals surface area contributed by atoms with Crippen LogP contribution in [-0.4, -0.2) is 18.3 Å². The standard InChI is InChI=1S/C10H15NO2/c1-8-6-9(7-11)2-3-10(8)13-5-4-12/h2-3,6,12H,4-5,7,11H2,1H3. The molecule has 0 saturated carbocycles. The number of benzene rings is 1. The van der Waals surface area contributed by atoms with Gasteiger partial charge < -0.3 is 15.6 Å². The smallest absolute Gasteiger partial charge is 0.122 e. The van der Waals surface area contributed by atoms with Crippen molar-refractivity contribution >= 4 is 0 Å². The van der Waals surface area contributed by atoms with Gasteiger partial charge in [-0.2, -0.15) is 0 Å². The van der Waals surface area contributed by atoms with Crippen molar-refractivity contribution in [3.63, 3.8) is 0 Å². The third-order valence-electron chi connectivity index (χ3n) is 1.82. The van der Waals surface area contributed by atoms with Gasteiger partial charge in [0.1, 0.15) is 12.4 Å². The molecule has 0 spiro atoms. The van der Waals surface area contributed by atoms with Gasteiger partial charge in [-0.05, 0) is 24.1 Å². The zero-order valence-electron chi connectivity index (χ0n) is 7.79. The Morgan fingerprint density at radius 1 is 1.46 bits per heavy atom. The van der Waals surface area contributed by atoms with Crippen LogP contribution < -0.4 is 10.5 Å². The van der Waals surface area contributed by atoms with Crippen molar-refractivity contribution < 1.29 is 9.84 Å². The van der Waals surface area contributed by atoms with Gasteiger partial charge in [0.15, 0.2) is 0 Å². The highest BCUT2D eigenvalue weighted by Crippen LogP contribution is 2.18. The molecule has 0 atom stereocenters. The highest BCUT2D eigenvalue weighted by atomic mass is 16.5. The average molecular weight is 181 g/mol. The lowest BCUT2D eigenvalue weighted by molar-refractivity contribution is 0.200. The maximum absolute atomic E-state index is 8.57.